The molecule has 0 spiro atoms. The smallest absolute Gasteiger partial charge is 0.0429 e. The minimum absolute atomic E-state index is 0.514. The van der Waals surface area contributed by atoms with Gasteiger partial charge in [-0.3, -0.25) is 0 Å². The molecule has 0 aliphatic carbocycles. The molecule has 0 aliphatic rings. The fourth-order valence-corrected chi connectivity index (χ4v) is 2.27. The molecular formula is C15H25ClN2. The standard InChI is InChI=1S/C15H25ClN2/c1-4-6-9-18(12(3)5-2)15-10-14(16)8-7-13(15)11-17/h7-8,10,12H,4-6,9,11,17H2,1-3H3. The lowest BCUT2D eigenvalue weighted by atomic mass is 10.1. The number of nitrogens with zero attached hydrogens (tertiary/aromatic N) is 1. The summed E-state index contributed by atoms with van der Waals surface area (Å²) in [6.45, 7) is 8.33. The van der Waals surface area contributed by atoms with Crippen LogP contribution in [0.2, 0.25) is 5.02 Å². The Kier molecular flexibility index (Phi) is 6.51. The van der Waals surface area contributed by atoms with Crippen molar-refractivity contribution in [2.45, 2.75) is 52.6 Å². The first-order valence-corrected chi connectivity index (χ1v) is 7.26. The lowest BCUT2D eigenvalue weighted by molar-refractivity contribution is 0.593. The maximum absolute atomic E-state index is 6.13. The summed E-state index contributed by atoms with van der Waals surface area (Å²) >= 11 is 6.13. The number of benzene rings is 1. The van der Waals surface area contributed by atoms with E-state index in [0.717, 1.165) is 18.0 Å². The molecule has 1 rings (SSSR count). The van der Waals surface area contributed by atoms with Crippen LogP contribution in [0.5, 0.6) is 0 Å². The van der Waals surface area contributed by atoms with Gasteiger partial charge in [-0.05, 0) is 37.5 Å². The third-order valence-corrected chi connectivity index (χ3v) is 3.69. The van der Waals surface area contributed by atoms with Crippen molar-refractivity contribution in [1.29, 1.82) is 0 Å². The van der Waals surface area contributed by atoms with E-state index in [0.29, 0.717) is 12.6 Å². The van der Waals surface area contributed by atoms with E-state index in [1.165, 1.54) is 24.1 Å². The van der Waals surface area contributed by atoms with Crippen LogP contribution < -0.4 is 10.6 Å². The Hall–Kier alpha value is -0.730. The Morgan fingerprint density at radius 1 is 1.33 bits per heavy atom. The van der Waals surface area contributed by atoms with E-state index < -0.39 is 0 Å². The monoisotopic (exact) mass is 268 g/mol. The zero-order chi connectivity index (χ0) is 13.5. The minimum Gasteiger partial charge on any atom is -0.369 e. The first kappa shape index (κ1) is 15.3. The first-order chi connectivity index (χ1) is 8.63. The lowest BCUT2D eigenvalue weighted by Crippen LogP contribution is -2.34. The van der Waals surface area contributed by atoms with Gasteiger partial charge in [0.2, 0.25) is 0 Å². The summed E-state index contributed by atoms with van der Waals surface area (Å²) in [7, 11) is 0. The van der Waals surface area contributed by atoms with Crippen LogP contribution in [-0.2, 0) is 6.54 Å². The summed E-state index contributed by atoms with van der Waals surface area (Å²) in [6.07, 6.45) is 3.52. The third kappa shape index (κ3) is 3.89. The van der Waals surface area contributed by atoms with Crippen molar-refractivity contribution in [3.63, 3.8) is 0 Å². The van der Waals surface area contributed by atoms with E-state index in [1.807, 2.05) is 18.2 Å². The molecule has 0 saturated heterocycles. The van der Waals surface area contributed by atoms with Gasteiger partial charge in [-0.1, -0.05) is 37.9 Å². The zero-order valence-corrected chi connectivity index (χ0v) is 12.5. The van der Waals surface area contributed by atoms with Crippen LogP contribution in [0.3, 0.4) is 0 Å². The number of hydrogen-bond donors (Lipinski definition) is 1. The fourth-order valence-electron chi connectivity index (χ4n) is 2.10. The molecule has 102 valence electrons. The van der Waals surface area contributed by atoms with E-state index in [4.69, 9.17) is 17.3 Å². The van der Waals surface area contributed by atoms with Crippen molar-refractivity contribution in [1.82, 2.24) is 0 Å². The average Bonchev–Trinajstić information content (AvgIpc) is 2.39. The van der Waals surface area contributed by atoms with Gasteiger partial charge in [-0.2, -0.15) is 0 Å². The molecule has 1 aromatic rings. The Labute approximate surface area is 116 Å². The largest absolute Gasteiger partial charge is 0.369 e. The van der Waals surface area contributed by atoms with Crippen LogP contribution in [0.1, 0.15) is 45.6 Å². The van der Waals surface area contributed by atoms with Crippen LogP contribution in [0.4, 0.5) is 5.69 Å². The van der Waals surface area contributed by atoms with Crippen molar-refractivity contribution in [3.05, 3.63) is 28.8 Å². The second kappa shape index (κ2) is 7.65. The average molecular weight is 269 g/mol. The lowest BCUT2D eigenvalue weighted by Gasteiger charge is -2.32. The molecule has 3 heteroatoms. The number of rotatable bonds is 7. The molecule has 0 heterocycles. The van der Waals surface area contributed by atoms with Crippen molar-refractivity contribution >= 4 is 17.3 Å². The molecule has 0 bridgehead atoms. The van der Waals surface area contributed by atoms with Crippen LogP contribution in [0.15, 0.2) is 18.2 Å². The molecule has 1 unspecified atom stereocenters. The normalized spacial score (nSPS) is 12.5. The summed E-state index contributed by atoms with van der Waals surface area (Å²) in [5.41, 5.74) is 8.22. The van der Waals surface area contributed by atoms with Gasteiger partial charge in [-0.15, -0.1) is 0 Å². The summed E-state index contributed by atoms with van der Waals surface area (Å²) in [5.74, 6) is 0. The van der Waals surface area contributed by atoms with E-state index >= 15 is 0 Å². The van der Waals surface area contributed by atoms with Crippen molar-refractivity contribution < 1.29 is 0 Å². The second-order valence-corrected chi connectivity index (χ2v) is 5.22. The van der Waals surface area contributed by atoms with Crippen LogP contribution in [0, 0.1) is 0 Å². The van der Waals surface area contributed by atoms with Gasteiger partial charge >= 0.3 is 0 Å². The Morgan fingerprint density at radius 3 is 2.61 bits per heavy atom. The zero-order valence-electron chi connectivity index (χ0n) is 11.7. The van der Waals surface area contributed by atoms with Gasteiger partial charge in [0.05, 0.1) is 0 Å². The van der Waals surface area contributed by atoms with Crippen LogP contribution in [-0.4, -0.2) is 12.6 Å². The third-order valence-electron chi connectivity index (χ3n) is 3.45. The highest BCUT2D eigenvalue weighted by atomic mass is 35.5. The van der Waals surface area contributed by atoms with Crippen LogP contribution in [0.25, 0.3) is 0 Å². The molecular weight excluding hydrogens is 244 g/mol. The summed E-state index contributed by atoms with van der Waals surface area (Å²) in [5, 5.41) is 0.784. The van der Waals surface area contributed by atoms with Gasteiger partial charge in [-0.25, -0.2) is 0 Å². The Bertz CT molecular complexity index is 366. The molecule has 2 nitrogen and oxygen atoms in total. The predicted molar refractivity (Wildman–Crippen MR) is 81.4 cm³/mol. The molecule has 0 amide bonds. The Morgan fingerprint density at radius 2 is 2.06 bits per heavy atom. The number of hydrogen-bond acceptors (Lipinski definition) is 2. The molecule has 0 aliphatic heterocycles. The number of halogens is 1. The number of anilines is 1. The molecule has 1 aromatic carbocycles. The van der Waals surface area contributed by atoms with Crippen LogP contribution >= 0.6 is 11.6 Å². The predicted octanol–water partition coefficient (Wildman–Crippen LogP) is 4.20. The van der Waals surface area contributed by atoms with E-state index in [-0.39, 0.29) is 0 Å². The van der Waals surface area contributed by atoms with Gasteiger partial charge in [0.25, 0.3) is 0 Å². The highest BCUT2D eigenvalue weighted by Crippen LogP contribution is 2.27. The molecule has 1 atom stereocenters. The number of unbranched alkanes of at least 4 members (excludes halogenated alkanes) is 1. The van der Waals surface area contributed by atoms with E-state index in [1.54, 1.807) is 0 Å². The second-order valence-electron chi connectivity index (χ2n) is 4.78. The first-order valence-electron chi connectivity index (χ1n) is 6.89. The molecule has 0 fully saturated rings. The maximum atomic E-state index is 6.13. The van der Waals surface area contributed by atoms with Gasteiger partial charge in [0.15, 0.2) is 0 Å². The van der Waals surface area contributed by atoms with E-state index in [2.05, 4.69) is 25.7 Å². The van der Waals surface area contributed by atoms with E-state index in [9.17, 15) is 0 Å². The van der Waals surface area contributed by atoms with Gasteiger partial charge in [0.1, 0.15) is 0 Å². The fraction of sp³-hybridized carbons (Fsp3) is 0.600. The molecule has 0 aromatic heterocycles. The molecule has 0 saturated carbocycles. The summed E-state index contributed by atoms with van der Waals surface area (Å²) in [6, 6.07) is 6.52. The SMILES string of the molecule is CCCCN(c1cc(Cl)ccc1CN)C(C)CC. The Balaban J connectivity index is 3.05. The quantitative estimate of drug-likeness (QED) is 0.803. The summed E-state index contributed by atoms with van der Waals surface area (Å²) < 4.78 is 0. The minimum atomic E-state index is 0.514. The highest BCUT2D eigenvalue weighted by Gasteiger charge is 2.15. The van der Waals surface area contributed by atoms with Crippen molar-refractivity contribution in [3.8, 4) is 0 Å². The van der Waals surface area contributed by atoms with Gasteiger partial charge in [0, 0.05) is 29.8 Å². The summed E-state index contributed by atoms with van der Waals surface area (Å²) in [4.78, 5) is 2.44. The molecule has 2 N–H and O–H groups in total. The maximum Gasteiger partial charge on any atom is 0.0429 e. The van der Waals surface area contributed by atoms with Crippen molar-refractivity contribution in [2.75, 3.05) is 11.4 Å². The molecule has 18 heavy (non-hydrogen) atoms. The number of nitrogens with two attached hydrogens (primary N) is 1. The van der Waals surface area contributed by atoms with Gasteiger partial charge < -0.3 is 10.6 Å². The topological polar surface area (TPSA) is 29.3 Å². The molecule has 0 radical (unpaired) electrons. The highest BCUT2D eigenvalue weighted by molar-refractivity contribution is 6.30. The van der Waals surface area contributed by atoms with Crippen molar-refractivity contribution in [2.24, 2.45) is 5.73 Å².